The molecule has 2 heteroatoms. The van der Waals surface area contributed by atoms with Crippen LogP contribution in [0.3, 0.4) is 0 Å². The minimum Gasteiger partial charge on any atom is -0.389 e. The van der Waals surface area contributed by atoms with Crippen LogP contribution in [-0.4, -0.2) is 23.9 Å². The van der Waals surface area contributed by atoms with Gasteiger partial charge in [0.2, 0.25) is 0 Å². The third-order valence-electron chi connectivity index (χ3n) is 1.85. The van der Waals surface area contributed by atoms with Crippen molar-refractivity contribution in [3.63, 3.8) is 0 Å². The molecule has 64 valence electrons. The second-order valence-corrected chi connectivity index (χ2v) is 3.20. The van der Waals surface area contributed by atoms with Crippen molar-refractivity contribution >= 4 is 0 Å². The zero-order valence-electron chi connectivity index (χ0n) is 7.21. The zero-order valence-corrected chi connectivity index (χ0v) is 7.21. The molecule has 1 heterocycles. The third-order valence-corrected chi connectivity index (χ3v) is 1.85. The normalized spacial score (nSPS) is 32.3. The van der Waals surface area contributed by atoms with Crippen LogP contribution < -0.4 is 0 Å². The van der Waals surface area contributed by atoms with E-state index in [-0.39, 0.29) is 6.10 Å². The molecule has 1 saturated heterocycles. The van der Waals surface area contributed by atoms with E-state index < -0.39 is 0 Å². The van der Waals surface area contributed by atoms with Crippen LogP contribution in [0, 0.1) is 0 Å². The maximum Gasteiger partial charge on any atom is 0.0695 e. The van der Waals surface area contributed by atoms with Crippen molar-refractivity contribution in [2.75, 3.05) is 6.61 Å². The summed E-state index contributed by atoms with van der Waals surface area (Å²) in [6, 6.07) is 0. The Bertz CT molecular complexity index is 150. The van der Waals surface area contributed by atoms with Crippen LogP contribution >= 0.6 is 0 Å². The first-order valence-corrected chi connectivity index (χ1v) is 4.17. The molecule has 11 heavy (non-hydrogen) atoms. The lowest BCUT2D eigenvalue weighted by atomic mass is 10.0. The summed E-state index contributed by atoms with van der Waals surface area (Å²) in [4.78, 5) is 0. The van der Waals surface area contributed by atoms with Gasteiger partial charge in [-0.25, -0.2) is 0 Å². The van der Waals surface area contributed by atoms with Crippen molar-refractivity contribution in [1.82, 2.24) is 0 Å². The van der Waals surface area contributed by atoms with Crippen LogP contribution in [0.1, 0.15) is 26.7 Å². The van der Waals surface area contributed by atoms with Gasteiger partial charge in [-0.1, -0.05) is 11.6 Å². The van der Waals surface area contributed by atoms with Gasteiger partial charge in [0.1, 0.15) is 0 Å². The van der Waals surface area contributed by atoms with Crippen molar-refractivity contribution < 1.29 is 9.84 Å². The highest BCUT2D eigenvalue weighted by Gasteiger charge is 2.12. The highest BCUT2D eigenvalue weighted by molar-refractivity contribution is 5.07. The lowest BCUT2D eigenvalue weighted by Crippen LogP contribution is -2.17. The molecule has 0 bridgehead atoms. The van der Waals surface area contributed by atoms with Crippen molar-refractivity contribution in [2.24, 2.45) is 0 Å². The summed E-state index contributed by atoms with van der Waals surface area (Å²) in [5.41, 5.74) is 1.33. The molecule has 1 aliphatic rings. The van der Waals surface area contributed by atoms with Crippen LogP contribution in [-0.2, 0) is 4.74 Å². The minimum atomic E-state index is -0.310. The monoisotopic (exact) mass is 156 g/mol. The fourth-order valence-corrected chi connectivity index (χ4v) is 1.41. The van der Waals surface area contributed by atoms with Crippen molar-refractivity contribution in [3.8, 4) is 0 Å². The Kier molecular flexibility index (Phi) is 3.09. The molecular formula is C9H16O2. The number of aliphatic hydroxyl groups is 1. The van der Waals surface area contributed by atoms with Crippen molar-refractivity contribution in [3.05, 3.63) is 11.6 Å². The van der Waals surface area contributed by atoms with E-state index in [9.17, 15) is 0 Å². The maximum absolute atomic E-state index is 9.07. The molecule has 1 aliphatic heterocycles. The van der Waals surface area contributed by atoms with E-state index >= 15 is 0 Å². The Morgan fingerprint density at radius 3 is 3.00 bits per heavy atom. The number of hydrogen-bond donors (Lipinski definition) is 1. The topological polar surface area (TPSA) is 29.5 Å². The molecule has 2 nitrogen and oxygen atoms in total. The first kappa shape index (κ1) is 8.75. The summed E-state index contributed by atoms with van der Waals surface area (Å²) in [5, 5.41) is 9.07. The van der Waals surface area contributed by atoms with Gasteiger partial charge in [-0.05, 0) is 26.7 Å². The first-order chi connectivity index (χ1) is 5.18. The fraction of sp³-hybridized carbons (Fsp3) is 0.778. The van der Waals surface area contributed by atoms with Gasteiger partial charge >= 0.3 is 0 Å². The summed E-state index contributed by atoms with van der Waals surface area (Å²) in [6.45, 7) is 4.65. The molecule has 0 aromatic heterocycles. The molecule has 0 aromatic rings. The summed E-state index contributed by atoms with van der Waals surface area (Å²) in [5.74, 6) is 0. The van der Waals surface area contributed by atoms with Gasteiger partial charge in [0.15, 0.2) is 0 Å². The Hall–Kier alpha value is -0.340. The molecule has 1 fully saturated rings. The van der Waals surface area contributed by atoms with Crippen LogP contribution in [0.5, 0.6) is 0 Å². The van der Waals surface area contributed by atoms with Crippen molar-refractivity contribution in [1.29, 1.82) is 0 Å². The van der Waals surface area contributed by atoms with Gasteiger partial charge in [0.25, 0.3) is 0 Å². The van der Waals surface area contributed by atoms with E-state index in [4.69, 9.17) is 9.84 Å². The highest BCUT2D eigenvalue weighted by Crippen LogP contribution is 2.18. The molecule has 0 amide bonds. The molecule has 0 aromatic carbocycles. The van der Waals surface area contributed by atoms with Gasteiger partial charge in [0.05, 0.1) is 18.8 Å². The first-order valence-electron chi connectivity index (χ1n) is 4.17. The quantitative estimate of drug-likeness (QED) is 0.583. The van der Waals surface area contributed by atoms with Crippen LogP contribution in [0.2, 0.25) is 0 Å². The Balaban J connectivity index is 2.45. The molecule has 0 spiro atoms. The molecule has 2 atom stereocenters. The largest absolute Gasteiger partial charge is 0.389 e. The molecular weight excluding hydrogens is 140 g/mol. The molecule has 0 saturated carbocycles. The SMILES string of the molecule is CC(O)/C=C1/CCOC(C)C1. The van der Waals surface area contributed by atoms with Crippen molar-refractivity contribution in [2.45, 2.75) is 38.9 Å². The number of rotatable bonds is 1. The van der Waals surface area contributed by atoms with Gasteiger partial charge in [-0.2, -0.15) is 0 Å². The predicted octanol–water partition coefficient (Wildman–Crippen LogP) is 1.49. The fourth-order valence-electron chi connectivity index (χ4n) is 1.41. The second kappa shape index (κ2) is 3.88. The minimum absolute atomic E-state index is 0.310. The van der Waals surface area contributed by atoms with Crippen LogP contribution in [0.25, 0.3) is 0 Å². The summed E-state index contributed by atoms with van der Waals surface area (Å²) in [6.07, 6.45) is 3.91. The average Bonchev–Trinajstić information content (AvgIpc) is 1.85. The van der Waals surface area contributed by atoms with Gasteiger partial charge in [0, 0.05) is 0 Å². The Morgan fingerprint density at radius 2 is 2.45 bits per heavy atom. The van der Waals surface area contributed by atoms with Gasteiger partial charge < -0.3 is 9.84 Å². The van der Waals surface area contributed by atoms with Crippen LogP contribution in [0.15, 0.2) is 11.6 Å². The molecule has 1 N–H and O–H groups in total. The van der Waals surface area contributed by atoms with Gasteiger partial charge in [-0.3, -0.25) is 0 Å². The summed E-state index contributed by atoms with van der Waals surface area (Å²) in [7, 11) is 0. The maximum atomic E-state index is 9.07. The second-order valence-electron chi connectivity index (χ2n) is 3.20. The Labute approximate surface area is 67.9 Å². The smallest absolute Gasteiger partial charge is 0.0695 e. The number of aliphatic hydroxyl groups excluding tert-OH is 1. The third kappa shape index (κ3) is 3.04. The predicted molar refractivity (Wildman–Crippen MR) is 44.4 cm³/mol. The lowest BCUT2D eigenvalue weighted by molar-refractivity contribution is 0.0480. The van der Waals surface area contributed by atoms with E-state index in [0.717, 1.165) is 19.4 Å². The molecule has 0 aliphatic carbocycles. The van der Waals surface area contributed by atoms with E-state index in [1.54, 1.807) is 6.92 Å². The van der Waals surface area contributed by atoms with Gasteiger partial charge in [-0.15, -0.1) is 0 Å². The zero-order chi connectivity index (χ0) is 8.27. The van der Waals surface area contributed by atoms with E-state index in [0.29, 0.717) is 6.10 Å². The van der Waals surface area contributed by atoms with E-state index in [1.165, 1.54) is 5.57 Å². The summed E-state index contributed by atoms with van der Waals surface area (Å²) >= 11 is 0. The highest BCUT2D eigenvalue weighted by atomic mass is 16.5. The molecule has 0 radical (unpaired) electrons. The summed E-state index contributed by atoms with van der Waals surface area (Å²) < 4.78 is 5.37. The average molecular weight is 156 g/mol. The standard InChI is InChI=1S/C9H16O2/c1-7(10)5-9-3-4-11-8(2)6-9/h5,7-8,10H,3-4,6H2,1-2H3/b9-5-. The van der Waals surface area contributed by atoms with E-state index in [1.807, 2.05) is 6.08 Å². The van der Waals surface area contributed by atoms with E-state index in [2.05, 4.69) is 6.92 Å². The molecule has 2 unspecified atom stereocenters. The molecule has 1 rings (SSSR count). The number of ether oxygens (including phenoxy) is 1. The number of hydrogen-bond acceptors (Lipinski definition) is 2. The van der Waals surface area contributed by atoms with Crippen LogP contribution in [0.4, 0.5) is 0 Å². The Morgan fingerprint density at radius 1 is 1.73 bits per heavy atom. The lowest BCUT2D eigenvalue weighted by Gasteiger charge is -2.21.